The second kappa shape index (κ2) is 7.53. The number of nitrogens with zero attached hydrogens (tertiary/aromatic N) is 2. The van der Waals surface area contributed by atoms with Crippen LogP contribution >= 0.6 is 0 Å². The van der Waals surface area contributed by atoms with Crippen molar-refractivity contribution in [2.45, 2.75) is 66.0 Å². The predicted octanol–water partition coefficient (Wildman–Crippen LogP) is 4.22. The van der Waals surface area contributed by atoms with Crippen LogP contribution in [0.5, 0.6) is 0 Å². The van der Waals surface area contributed by atoms with Crippen LogP contribution < -0.4 is 5.32 Å². The van der Waals surface area contributed by atoms with Gasteiger partial charge in [0.05, 0.1) is 0 Å². The Morgan fingerprint density at radius 2 is 1.75 bits per heavy atom. The minimum Gasteiger partial charge on any atom is -0.371 e. The molecule has 1 aromatic rings. The van der Waals surface area contributed by atoms with Crippen LogP contribution in [0.15, 0.2) is 23.9 Å². The van der Waals surface area contributed by atoms with Crippen LogP contribution in [0.25, 0.3) is 0 Å². The molecule has 2 rings (SSSR count). The van der Waals surface area contributed by atoms with Gasteiger partial charge in [-0.15, -0.1) is 0 Å². The van der Waals surface area contributed by atoms with Crippen LogP contribution in [0.1, 0.15) is 49.8 Å². The average molecular weight is 325 g/mol. The van der Waals surface area contributed by atoms with E-state index in [4.69, 9.17) is 0 Å². The lowest BCUT2D eigenvalue weighted by Gasteiger charge is -2.38. The molecule has 1 amide bonds. The van der Waals surface area contributed by atoms with Gasteiger partial charge < -0.3 is 10.2 Å². The number of likely N-dealkylation sites (tertiary alicyclic amines) is 1. The average Bonchev–Trinajstić information content (AvgIpc) is 2.50. The van der Waals surface area contributed by atoms with E-state index >= 15 is 0 Å². The number of carbonyl (C=O) groups excluding carboxylic acids is 1. The van der Waals surface area contributed by atoms with E-state index in [1.165, 1.54) is 6.42 Å². The summed E-state index contributed by atoms with van der Waals surface area (Å²) in [7, 11) is 0. The van der Waals surface area contributed by atoms with E-state index in [0.717, 1.165) is 35.2 Å². The first-order valence-corrected chi connectivity index (χ1v) is 8.62. The summed E-state index contributed by atoms with van der Waals surface area (Å²) >= 11 is 0. The standard InChI is InChI=1S/C20H27N3O/c1-13-9-14(2)19(15(3)10-13)22-20(24)18(11-21)12-23-16(4)7-6-8-17(23)5/h9-10,12,16-17H,6-8H2,1-5H3,(H,22,24)/b18-12-. The van der Waals surface area contributed by atoms with Crippen molar-refractivity contribution in [2.24, 2.45) is 0 Å². The third-order valence-corrected chi connectivity index (χ3v) is 4.82. The predicted molar refractivity (Wildman–Crippen MR) is 97.6 cm³/mol. The summed E-state index contributed by atoms with van der Waals surface area (Å²) in [5, 5.41) is 12.4. The maximum absolute atomic E-state index is 12.6. The highest BCUT2D eigenvalue weighted by Crippen LogP contribution is 2.25. The molecule has 1 heterocycles. The molecule has 1 saturated heterocycles. The second-order valence-electron chi connectivity index (χ2n) is 6.96. The van der Waals surface area contributed by atoms with Crippen LogP contribution in [-0.4, -0.2) is 22.9 Å². The zero-order chi connectivity index (χ0) is 17.9. The smallest absolute Gasteiger partial charge is 0.267 e. The first kappa shape index (κ1) is 18.1. The summed E-state index contributed by atoms with van der Waals surface area (Å²) in [4.78, 5) is 14.7. The lowest BCUT2D eigenvalue weighted by atomic mass is 9.98. The third kappa shape index (κ3) is 3.97. The van der Waals surface area contributed by atoms with Crippen molar-refractivity contribution in [3.05, 3.63) is 40.6 Å². The molecule has 0 bridgehead atoms. The summed E-state index contributed by atoms with van der Waals surface area (Å²) in [5.74, 6) is -0.336. The number of aryl methyl sites for hydroxylation is 3. The van der Waals surface area contributed by atoms with E-state index in [-0.39, 0.29) is 11.5 Å². The molecule has 0 radical (unpaired) electrons. The molecular weight excluding hydrogens is 298 g/mol. The number of hydrogen-bond donors (Lipinski definition) is 1. The summed E-state index contributed by atoms with van der Waals surface area (Å²) in [6.07, 6.45) is 5.12. The zero-order valence-corrected chi connectivity index (χ0v) is 15.3. The number of carbonyl (C=O) groups is 1. The summed E-state index contributed by atoms with van der Waals surface area (Å²) < 4.78 is 0. The molecule has 0 saturated carbocycles. The van der Waals surface area contributed by atoms with E-state index in [1.807, 2.05) is 32.9 Å². The lowest BCUT2D eigenvalue weighted by molar-refractivity contribution is -0.112. The van der Waals surface area contributed by atoms with Gasteiger partial charge in [0.1, 0.15) is 11.6 Å². The summed E-state index contributed by atoms with van der Waals surface area (Å²) in [5.41, 5.74) is 4.15. The molecule has 24 heavy (non-hydrogen) atoms. The van der Waals surface area contributed by atoms with Crippen LogP contribution in [-0.2, 0) is 4.79 Å². The SMILES string of the molecule is Cc1cc(C)c(NC(=O)/C(C#N)=C\N2C(C)CCCC2C)c(C)c1. The van der Waals surface area contributed by atoms with Crippen LogP contribution in [0, 0.1) is 32.1 Å². The minimum atomic E-state index is -0.336. The molecule has 1 N–H and O–H groups in total. The fraction of sp³-hybridized carbons (Fsp3) is 0.500. The Kier molecular flexibility index (Phi) is 5.66. The molecule has 0 aliphatic carbocycles. The number of nitriles is 1. The normalized spacial score (nSPS) is 21.3. The van der Waals surface area contributed by atoms with Gasteiger partial charge in [-0.05, 0) is 65.0 Å². The van der Waals surface area contributed by atoms with Crippen molar-refractivity contribution in [2.75, 3.05) is 5.32 Å². The molecular formula is C20H27N3O. The Morgan fingerprint density at radius 3 is 2.25 bits per heavy atom. The van der Waals surface area contributed by atoms with Gasteiger partial charge in [0.15, 0.2) is 0 Å². The van der Waals surface area contributed by atoms with E-state index < -0.39 is 0 Å². The highest BCUT2D eigenvalue weighted by Gasteiger charge is 2.24. The monoisotopic (exact) mass is 325 g/mol. The Labute approximate surface area is 145 Å². The van der Waals surface area contributed by atoms with Crippen LogP contribution in [0.3, 0.4) is 0 Å². The topological polar surface area (TPSA) is 56.1 Å². The van der Waals surface area contributed by atoms with E-state index in [9.17, 15) is 10.1 Å². The quantitative estimate of drug-likeness (QED) is 0.668. The highest BCUT2D eigenvalue weighted by atomic mass is 16.1. The minimum absolute atomic E-state index is 0.162. The summed E-state index contributed by atoms with van der Waals surface area (Å²) in [6.45, 7) is 10.3. The van der Waals surface area contributed by atoms with Crippen molar-refractivity contribution in [1.29, 1.82) is 5.26 Å². The maximum atomic E-state index is 12.6. The first-order valence-electron chi connectivity index (χ1n) is 8.62. The van der Waals surface area contributed by atoms with Crippen molar-refractivity contribution in [1.82, 2.24) is 4.90 Å². The van der Waals surface area contributed by atoms with Gasteiger partial charge in [-0.3, -0.25) is 4.79 Å². The number of benzene rings is 1. The van der Waals surface area contributed by atoms with Crippen molar-refractivity contribution < 1.29 is 4.79 Å². The first-order chi connectivity index (χ1) is 11.3. The van der Waals surface area contributed by atoms with Gasteiger partial charge in [0.2, 0.25) is 0 Å². The lowest BCUT2D eigenvalue weighted by Crippen LogP contribution is -2.40. The Balaban J connectivity index is 2.24. The molecule has 0 aromatic heterocycles. The molecule has 4 heteroatoms. The van der Waals surface area contributed by atoms with Crippen molar-refractivity contribution >= 4 is 11.6 Å². The Bertz CT molecular complexity index is 666. The fourth-order valence-corrected chi connectivity index (χ4v) is 3.54. The summed E-state index contributed by atoms with van der Waals surface area (Å²) in [6, 6.07) is 6.85. The van der Waals surface area contributed by atoms with E-state index in [1.54, 1.807) is 6.20 Å². The Morgan fingerprint density at radius 1 is 1.21 bits per heavy atom. The number of nitrogens with one attached hydrogen (secondary N) is 1. The van der Waals surface area contributed by atoms with Gasteiger partial charge in [-0.25, -0.2) is 0 Å². The number of anilines is 1. The molecule has 2 unspecified atom stereocenters. The number of amides is 1. The van der Waals surface area contributed by atoms with Gasteiger partial charge in [0.25, 0.3) is 5.91 Å². The molecule has 2 atom stereocenters. The number of rotatable bonds is 3. The molecule has 4 nitrogen and oxygen atoms in total. The van der Waals surface area contributed by atoms with E-state index in [2.05, 4.69) is 30.1 Å². The molecule has 1 aromatic carbocycles. The van der Waals surface area contributed by atoms with Gasteiger partial charge in [-0.2, -0.15) is 5.26 Å². The molecule has 128 valence electrons. The zero-order valence-electron chi connectivity index (χ0n) is 15.3. The van der Waals surface area contributed by atoms with Crippen molar-refractivity contribution in [3.63, 3.8) is 0 Å². The van der Waals surface area contributed by atoms with Gasteiger partial charge >= 0.3 is 0 Å². The highest BCUT2D eigenvalue weighted by molar-refractivity contribution is 6.07. The molecule has 1 aliphatic rings. The fourth-order valence-electron chi connectivity index (χ4n) is 3.54. The Hall–Kier alpha value is -2.28. The number of piperidine rings is 1. The van der Waals surface area contributed by atoms with E-state index in [0.29, 0.717) is 12.1 Å². The maximum Gasteiger partial charge on any atom is 0.267 e. The third-order valence-electron chi connectivity index (χ3n) is 4.82. The second-order valence-corrected chi connectivity index (χ2v) is 6.96. The molecule has 1 aliphatic heterocycles. The molecule has 1 fully saturated rings. The number of hydrogen-bond acceptors (Lipinski definition) is 3. The van der Waals surface area contributed by atoms with Gasteiger partial charge in [-0.1, -0.05) is 17.7 Å². The molecule has 0 spiro atoms. The van der Waals surface area contributed by atoms with Crippen molar-refractivity contribution in [3.8, 4) is 6.07 Å². The van der Waals surface area contributed by atoms with Crippen LogP contribution in [0.2, 0.25) is 0 Å². The van der Waals surface area contributed by atoms with Crippen LogP contribution in [0.4, 0.5) is 5.69 Å². The largest absolute Gasteiger partial charge is 0.371 e. The van der Waals surface area contributed by atoms with Gasteiger partial charge in [0, 0.05) is 24.0 Å².